The van der Waals surface area contributed by atoms with Crippen LogP contribution in [0.3, 0.4) is 0 Å². The molecule has 0 aliphatic carbocycles. The van der Waals surface area contributed by atoms with E-state index in [0.717, 1.165) is 5.69 Å². The van der Waals surface area contributed by atoms with Gasteiger partial charge in [0, 0.05) is 12.6 Å². The molecule has 18 heavy (non-hydrogen) atoms. The van der Waals surface area contributed by atoms with Crippen LogP contribution < -0.4 is 5.32 Å². The monoisotopic (exact) mass is 247 g/mol. The predicted octanol–water partition coefficient (Wildman–Crippen LogP) is 4.24. The Balaban J connectivity index is 3.50. The SMILES string of the molecule is CC(=O)Nc1cccc(C(C)(C)C)c1C(C)(C)C. The largest absolute Gasteiger partial charge is 0.326 e. The molecule has 1 amide bonds. The van der Waals surface area contributed by atoms with Crippen LogP contribution in [0.4, 0.5) is 5.69 Å². The lowest BCUT2D eigenvalue weighted by Gasteiger charge is -2.32. The summed E-state index contributed by atoms with van der Waals surface area (Å²) in [5.74, 6) is -0.0217. The highest BCUT2D eigenvalue weighted by Crippen LogP contribution is 2.38. The fraction of sp³-hybridized carbons (Fsp3) is 0.562. The molecule has 0 unspecified atom stereocenters. The zero-order valence-electron chi connectivity index (χ0n) is 12.6. The van der Waals surface area contributed by atoms with Gasteiger partial charge in [0.15, 0.2) is 0 Å². The lowest BCUT2D eigenvalue weighted by molar-refractivity contribution is -0.114. The quantitative estimate of drug-likeness (QED) is 0.790. The third-order valence-electron chi connectivity index (χ3n) is 2.93. The van der Waals surface area contributed by atoms with Crippen molar-refractivity contribution in [1.82, 2.24) is 0 Å². The van der Waals surface area contributed by atoms with Crippen LogP contribution in [0.15, 0.2) is 18.2 Å². The maximum Gasteiger partial charge on any atom is 0.221 e. The summed E-state index contributed by atoms with van der Waals surface area (Å²) < 4.78 is 0. The second-order valence-corrected chi connectivity index (χ2v) is 6.91. The highest BCUT2D eigenvalue weighted by molar-refractivity contribution is 5.90. The van der Waals surface area contributed by atoms with Crippen molar-refractivity contribution in [3.63, 3.8) is 0 Å². The zero-order valence-corrected chi connectivity index (χ0v) is 12.6. The minimum Gasteiger partial charge on any atom is -0.326 e. The summed E-state index contributed by atoms with van der Waals surface area (Å²) >= 11 is 0. The Bertz CT molecular complexity index is 447. The van der Waals surface area contributed by atoms with Crippen molar-refractivity contribution in [3.8, 4) is 0 Å². The maximum atomic E-state index is 11.3. The standard InChI is InChI=1S/C16H25NO/c1-11(18)17-13-10-8-9-12(15(2,3)4)14(13)16(5,6)7/h8-10H,1-7H3,(H,17,18). The Morgan fingerprint density at radius 2 is 1.56 bits per heavy atom. The molecule has 0 bridgehead atoms. The van der Waals surface area contributed by atoms with Crippen molar-refractivity contribution in [2.24, 2.45) is 0 Å². The van der Waals surface area contributed by atoms with Crippen LogP contribution in [0, 0.1) is 0 Å². The summed E-state index contributed by atoms with van der Waals surface area (Å²) in [6.45, 7) is 14.7. The van der Waals surface area contributed by atoms with Gasteiger partial charge in [0.25, 0.3) is 0 Å². The lowest BCUT2D eigenvalue weighted by Crippen LogP contribution is -2.24. The van der Waals surface area contributed by atoms with E-state index in [9.17, 15) is 4.79 Å². The van der Waals surface area contributed by atoms with Gasteiger partial charge in [0.05, 0.1) is 0 Å². The third-order valence-corrected chi connectivity index (χ3v) is 2.93. The topological polar surface area (TPSA) is 29.1 Å². The van der Waals surface area contributed by atoms with E-state index < -0.39 is 0 Å². The van der Waals surface area contributed by atoms with Crippen LogP contribution in [0.2, 0.25) is 0 Å². The lowest BCUT2D eigenvalue weighted by atomic mass is 9.74. The minimum atomic E-state index is -0.0217. The van der Waals surface area contributed by atoms with Crippen molar-refractivity contribution in [3.05, 3.63) is 29.3 Å². The molecule has 0 radical (unpaired) electrons. The number of carbonyl (C=O) groups excluding carboxylic acids is 1. The molecule has 0 saturated heterocycles. The predicted molar refractivity (Wildman–Crippen MR) is 78.1 cm³/mol. The number of benzene rings is 1. The van der Waals surface area contributed by atoms with E-state index in [-0.39, 0.29) is 16.7 Å². The molecule has 0 saturated carbocycles. The number of rotatable bonds is 1. The highest BCUT2D eigenvalue weighted by atomic mass is 16.1. The second kappa shape index (κ2) is 4.75. The average molecular weight is 247 g/mol. The van der Waals surface area contributed by atoms with E-state index in [1.54, 1.807) is 6.92 Å². The van der Waals surface area contributed by atoms with Crippen molar-refractivity contribution < 1.29 is 4.79 Å². The molecular weight excluding hydrogens is 222 g/mol. The Morgan fingerprint density at radius 1 is 1.00 bits per heavy atom. The van der Waals surface area contributed by atoms with E-state index in [2.05, 4.69) is 52.9 Å². The van der Waals surface area contributed by atoms with Gasteiger partial charge in [-0.25, -0.2) is 0 Å². The molecule has 1 aromatic rings. The second-order valence-electron chi connectivity index (χ2n) is 6.91. The molecule has 2 nitrogen and oxygen atoms in total. The summed E-state index contributed by atoms with van der Waals surface area (Å²) in [5.41, 5.74) is 3.52. The van der Waals surface area contributed by atoms with Crippen LogP contribution in [0.25, 0.3) is 0 Å². The van der Waals surface area contributed by atoms with Crippen molar-refractivity contribution >= 4 is 11.6 Å². The first-order chi connectivity index (χ1) is 8.03. The van der Waals surface area contributed by atoms with Gasteiger partial charge >= 0.3 is 0 Å². The Kier molecular flexibility index (Phi) is 3.89. The fourth-order valence-electron chi connectivity index (χ4n) is 2.28. The van der Waals surface area contributed by atoms with Crippen molar-refractivity contribution in [1.29, 1.82) is 0 Å². The summed E-state index contributed by atoms with van der Waals surface area (Å²) in [6.07, 6.45) is 0. The fourth-order valence-corrected chi connectivity index (χ4v) is 2.28. The van der Waals surface area contributed by atoms with Gasteiger partial charge in [-0.1, -0.05) is 53.7 Å². The number of hydrogen-bond acceptors (Lipinski definition) is 1. The average Bonchev–Trinajstić information content (AvgIpc) is 2.13. The third kappa shape index (κ3) is 3.34. The number of hydrogen-bond donors (Lipinski definition) is 1. The van der Waals surface area contributed by atoms with Crippen molar-refractivity contribution in [2.75, 3.05) is 5.32 Å². The first-order valence-electron chi connectivity index (χ1n) is 6.45. The van der Waals surface area contributed by atoms with E-state index in [1.165, 1.54) is 11.1 Å². The molecule has 0 aliphatic heterocycles. The molecule has 100 valence electrons. The van der Waals surface area contributed by atoms with E-state index in [0.29, 0.717) is 0 Å². The maximum absolute atomic E-state index is 11.3. The number of carbonyl (C=O) groups is 1. The van der Waals surface area contributed by atoms with Crippen LogP contribution in [0.5, 0.6) is 0 Å². The highest BCUT2D eigenvalue weighted by Gasteiger charge is 2.27. The van der Waals surface area contributed by atoms with E-state index in [1.807, 2.05) is 12.1 Å². The van der Waals surface area contributed by atoms with Gasteiger partial charge in [0.1, 0.15) is 0 Å². The molecule has 0 spiro atoms. The van der Waals surface area contributed by atoms with Gasteiger partial charge < -0.3 is 5.32 Å². The first-order valence-corrected chi connectivity index (χ1v) is 6.45. The number of amides is 1. The minimum absolute atomic E-state index is 0.00164. The van der Waals surface area contributed by atoms with Gasteiger partial charge in [-0.15, -0.1) is 0 Å². The van der Waals surface area contributed by atoms with Gasteiger partial charge in [0.2, 0.25) is 5.91 Å². The number of nitrogens with one attached hydrogen (secondary N) is 1. The van der Waals surface area contributed by atoms with Crippen LogP contribution in [0.1, 0.15) is 59.6 Å². The van der Waals surface area contributed by atoms with Crippen LogP contribution in [-0.4, -0.2) is 5.91 Å². The molecule has 0 atom stereocenters. The Labute approximate surface area is 111 Å². The summed E-state index contributed by atoms with van der Waals surface area (Å²) in [7, 11) is 0. The first kappa shape index (κ1) is 14.7. The summed E-state index contributed by atoms with van der Waals surface area (Å²) in [6, 6.07) is 6.16. The molecule has 0 aromatic heterocycles. The van der Waals surface area contributed by atoms with Crippen molar-refractivity contribution in [2.45, 2.75) is 59.3 Å². The van der Waals surface area contributed by atoms with Gasteiger partial charge in [-0.2, -0.15) is 0 Å². The molecule has 0 heterocycles. The Morgan fingerprint density at radius 3 is 1.94 bits per heavy atom. The van der Waals surface area contributed by atoms with E-state index >= 15 is 0 Å². The van der Waals surface area contributed by atoms with Crippen LogP contribution >= 0.6 is 0 Å². The molecule has 0 fully saturated rings. The number of anilines is 1. The molecule has 1 rings (SSSR count). The normalized spacial score (nSPS) is 12.4. The summed E-state index contributed by atoms with van der Waals surface area (Å²) in [4.78, 5) is 11.3. The van der Waals surface area contributed by atoms with Crippen LogP contribution in [-0.2, 0) is 15.6 Å². The molecule has 0 aliphatic rings. The smallest absolute Gasteiger partial charge is 0.221 e. The zero-order chi connectivity index (χ0) is 14.1. The molecular formula is C16H25NO. The molecule has 1 N–H and O–H groups in total. The van der Waals surface area contributed by atoms with Gasteiger partial charge in [-0.3, -0.25) is 4.79 Å². The Hall–Kier alpha value is -1.31. The summed E-state index contributed by atoms with van der Waals surface area (Å²) in [5, 5.41) is 2.95. The van der Waals surface area contributed by atoms with E-state index in [4.69, 9.17) is 0 Å². The van der Waals surface area contributed by atoms with Gasteiger partial charge in [-0.05, 0) is 28.0 Å². The molecule has 1 aromatic carbocycles. The molecule has 2 heteroatoms.